The van der Waals surface area contributed by atoms with Gasteiger partial charge < -0.3 is 36.4 Å². The fourth-order valence-electron chi connectivity index (χ4n) is 5.10. The molecule has 2 aliphatic heterocycles. The molecular weight excluding hydrogens is 801 g/mol. The molecule has 0 saturated carbocycles. The molecule has 0 unspecified atom stereocenters. The molecule has 0 atom stereocenters. The maximum Gasteiger partial charge on any atom is 0.490 e. The second-order valence-corrected chi connectivity index (χ2v) is 12.7. The molecule has 14 nitrogen and oxygen atoms in total. The number of piperidine rings is 1. The number of nitrogens with zero attached hydrogens (tertiary/aromatic N) is 4. The molecule has 6 rings (SSSR count). The van der Waals surface area contributed by atoms with Gasteiger partial charge in [-0.3, -0.25) is 4.79 Å². The first-order chi connectivity index (χ1) is 26.3. The number of carboxylic acid groups (broad SMARTS) is 2. The van der Waals surface area contributed by atoms with E-state index in [1.165, 1.54) is 6.20 Å². The first-order valence-corrected chi connectivity index (χ1v) is 16.9. The van der Waals surface area contributed by atoms with E-state index in [0.29, 0.717) is 60.0 Å². The maximum absolute atomic E-state index is 13.4. The predicted octanol–water partition coefficient (Wildman–Crippen LogP) is 7.91. The number of aryl methyl sites for hydroxylation is 2. The van der Waals surface area contributed by atoms with Crippen LogP contribution in [0.3, 0.4) is 0 Å². The molecule has 4 aromatic rings. The van der Waals surface area contributed by atoms with Crippen LogP contribution in [-0.2, 0) is 27.2 Å². The Kier molecular flexibility index (Phi) is 14.3. The predicted molar refractivity (Wildman–Crippen MR) is 192 cm³/mol. The van der Waals surface area contributed by atoms with Crippen molar-refractivity contribution in [1.82, 2.24) is 19.9 Å². The number of carbonyl (C=O) groups excluding carboxylic acids is 2. The van der Waals surface area contributed by atoms with Crippen LogP contribution in [-0.4, -0.2) is 79.4 Å². The largest absolute Gasteiger partial charge is 0.490 e. The summed E-state index contributed by atoms with van der Waals surface area (Å²) in [4.78, 5) is 58.4. The van der Waals surface area contributed by atoms with Gasteiger partial charge in [0.25, 0.3) is 0 Å². The number of nitrogens with one attached hydrogen (secondary N) is 4. The third-order valence-corrected chi connectivity index (χ3v) is 8.35. The lowest BCUT2D eigenvalue weighted by Gasteiger charge is -2.31. The molecule has 0 aliphatic carbocycles. The summed E-state index contributed by atoms with van der Waals surface area (Å²) in [6.45, 7) is 0.958. The van der Waals surface area contributed by atoms with Gasteiger partial charge in [-0.1, -0.05) is 35.3 Å². The molecular formula is C34H30Cl2F6N8O6. The highest BCUT2D eigenvalue weighted by Crippen LogP contribution is 2.30. The highest BCUT2D eigenvalue weighted by molar-refractivity contribution is 6.33. The molecule has 0 spiro atoms. The zero-order valence-corrected chi connectivity index (χ0v) is 30.0. The van der Waals surface area contributed by atoms with Crippen molar-refractivity contribution in [3.63, 3.8) is 0 Å². The number of halogens is 8. The summed E-state index contributed by atoms with van der Waals surface area (Å²) in [6.07, 6.45) is -4.47. The molecule has 6 bridgehead atoms. The van der Waals surface area contributed by atoms with Gasteiger partial charge >= 0.3 is 30.3 Å². The number of hydrogen-bond acceptors (Lipinski definition) is 9. The molecule has 22 heteroatoms. The van der Waals surface area contributed by atoms with Crippen molar-refractivity contribution < 1.29 is 55.7 Å². The number of aromatic nitrogens is 3. The fourth-order valence-corrected chi connectivity index (χ4v) is 5.35. The minimum atomic E-state index is -5.08. The van der Waals surface area contributed by atoms with Crippen LogP contribution in [0.15, 0.2) is 67.0 Å². The molecule has 4 heterocycles. The van der Waals surface area contributed by atoms with Crippen molar-refractivity contribution in [3.05, 3.63) is 88.3 Å². The smallest absolute Gasteiger partial charge is 0.475 e. The van der Waals surface area contributed by atoms with Gasteiger partial charge in [0.05, 0.1) is 18.1 Å². The molecule has 2 aromatic heterocycles. The summed E-state index contributed by atoms with van der Waals surface area (Å²) < 4.78 is 63.5. The molecule has 6 N–H and O–H groups in total. The van der Waals surface area contributed by atoms with Crippen LogP contribution in [0.5, 0.6) is 0 Å². The molecule has 0 radical (unpaired) electrons. The standard InChI is InChI=1S/C30H28Cl2N8O2.2C2HF3O2/c31-24-17-34-29-36-21-3-1-2-18(14-21)4-5-20-15-22(35-27(24)39-29)6-8-25(20)38-28(41)19-10-12-40(13-11-19)30(42)37-23-7-9-26(32)33-16-23;2*3-2(4,5)1(6)7/h1-3,6-9,14-17,19H,4-5,10-13H2,(H,37,42)(H,38,41)(H2,34,35,36,39);2*(H,6,7). The van der Waals surface area contributed by atoms with Crippen LogP contribution in [0.4, 0.5) is 65.7 Å². The van der Waals surface area contributed by atoms with E-state index in [0.717, 1.165) is 34.6 Å². The number of carbonyl (C=O) groups is 4. The molecule has 298 valence electrons. The lowest BCUT2D eigenvalue weighted by molar-refractivity contribution is -0.193. The Bertz CT molecular complexity index is 2030. The van der Waals surface area contributed by atoms with E-state index in [1.807, 2.05) is 30.3 Å². The third-order valence-electron chi connectivity index (χ3n) is 7.85. The van der Waals surface area contributed by atoms with Crippen LogP contribution < -0.4 is 21.3 Å². The topological polar surface area (TPSA) is 199 Å². The molecule has 56 heavy (non-hydrogen) atoms. The minimum absolute atomic E-state index is 0.0495. The second kappa shape index (κ2) is 18.6. The highest BCUT2D eigenvalue weighted by atomic mass is 35.5. The van der Waals surface area contributed by atoms with Crippen molar-refractivity contribution >= 4 is 81.6 Å². The van der Waals surface area contributed by atoms with E-state index in [4.69, 9.17) is 43.0 Å². The Morgan fingerprint density at radius 3 is 2.04 bits per heavy atom. The van der Waals surface area contributed by atoms with Gasteiger partial charge in [-0.05, 0) is 79.3 Å². The molecule has 2 aromatic carbocycles. The van der Waals surface area contributed by atoms with E-state index in [2.05, 4.69) is 48.4 Å². The number of pyridine rings is 1. The lowest BCUT2D eigenvalue weighted by atomic mass is 9.95. The number of carboxylic acids is 2. The van der Waals surface area contributed by atoms with E-state index in [1.54, 1.807) is 23.2 Å². The number of rotatable bonds is 3. The van der Waals surface area contributed by atoms with Gasteiger partial charge in [-0.15, -0.1) is 0 Å². The van der Waals surface area contributed by atoms with Crippen molar-refractivity contribution in [2.24, 2.45) is 5.92 Å². The SMILES string of the molecule is O=C(Nc1ccc2cc1CCc1cccc(c1)Nc1ncc(Cl)c(n1)N2)C1CCN(C(=O)Nc2ccc(Cl)nc2)CC1.O=C(O)C(F)(F)F.O=C(O)C(F)(F)F. The van der Waals surface area contributed by atoms with Crippen LogP contribution >= 0.6 is 23.2 Å². The number of fused-ring (bicyclic) bond motifs is 6. The van der Waals surface area contributed by atoms with Crippen molar-refractivity contribution in [2.75, 3.05) is 34.4 Å². The summed E-state index contributed by atoms with van der Waals surface area (Å²) in [5.74, 6) is -4.85. The van der Waals surface area contributed by atoms with Crippen molar-refractivity contribution in [2.45, 2.75) is 38.0 Å². The number of amides is 3. The number of benzene rings is 2. The highest BCUT2D eigenvalue weighted by Gasteiger charge is 2.39. The molecule has 3 amide bonds. The van der Waals surface area contributed by atoms with Crippen LogP contribution in [0.25, 0.3) is 0 Å². The van der Waals surface area contributed by atoms with Crippen LogP contribution in [0.2, 0.25) is 10.2 Å². The van der Waals surface area contributed by atoms with Gasteiger partial charge in [-0.25, -0.2) is 24.4 Å². The van der Waals surface area contributed by atoms with Crippen molar-refractivity contribution in [1.29, 1.82) is 0 Å². The summed E-state index contributed by atoms with van der Waals surface area (Å²) in [7, 11) is 0. The first-order valence-electron chi connectivity index (χ1n) is 16.2. The van der Waals surface area contributed by atoms with Crippen molar-refractivity contribution in [3.8, 4) is 0 Å². The molecule has 1 fully saturated rings. The number of urea groups is 1. The Hall–Kier alpha value is -5.89. The van der Waals surface area contributed by atoms with Gasteiger partial charge in [0.2, 0.25) is 11.9 Å². The number of aliphatic carboxylic acids is 2. The number of anilines is 6. The van der Waals surface area contributed by atoms with Crippen LogP contribution in [0.1, 0.15) is 24.0 Å². The Labute approximate surface area is 323 Å². The quantitative estimate of drug-likeness (QED) is 0.0866. The maximum atomic E-state index is 13.4. The van der Waals surface area contributed by atoms with Gasteiger partial charge in [0.15, 0.2) is 5.82 Å². The number of hydrogen-bond donors (Lipinski definition) is 6. The Balaban J connectivity index is 0.000000425. The van der Waals surface area contributed by atoms with Gasteiger partial charge in [0.1, 0.15) is 10.2 Å². The molecule has 1 saturated heterocycles. The Morgan fingerprint density at radius 1 is 0.786 bits per heavy atom. The van der Waals surface area contributed by atoms with Crippen LogP contribution in [0, 0.1) is 5.92 Å². The zero-order chi connectivity index (χ0) is 41.2. The average molecular weight is 832 g/mol. The first kappa shape index (κ1) is 42.8. The fraction of sp³-hybridized carbons (Fsp3) is 0.265. The van der Waals surface area contributed by atoms with Gasteiger partial charge in [0, 0.05) is 36.1 Å². The second-order valence-electron chi connectivity index (χ2n) is 11.9. The summed E-state index contributed by atoms with van der Waals surface area (Å²) in [5, 5.41) is 27.5. The van der Waals surface area contributed by atoms with E-state index in [9.17, 15) is 35.9 Å². The number of likely N-dealkylation sites (tertiary alicyclic amines) is 1. The summed E-state index contributed by atoms with van der Waals surface area (Å²) in [6, 6.07) is 17.0. The van der Waals surface area contributed by atoms with E-state index >= 15 is 0 Å². The summed E-state index contributed by atoms with van der Waals surface area (Å²) >= 11 is 12.2. The van der Waals surface area contributed by atoms with E-state index in [-0.39, 0.29) is 17.9 Å². The number of alkyl halides is 6. The zero-order valence-electron chi connectivity index (χ0n) is 28.5. The van der Waals surface area contributed by atoms with E-state index < -0.39 is 24.3 Å². The summed E-state index contributed by atoms with van der Waals surface area (Å²) in [5.41, 5.74) is 5.15. The Morgan fingerprint density at radius 2 is 1.43 bits per heavy atom. The lowest BCUT2D eigenvalue weighted by Crippen LogP contribution is -2.43. The van der Waals surface area contributed by atoms with Gasteiger partial charge in [-0.2, -0.15) is 31.3 Å². The monoisotopic (exact) mass is 830 g/mol. The third kappa shape index (κ3) is 12.9. The average Bonchev–Trinajstić information content (AvgIpc) is 3.14. The minimum Gasteiger partial charge on any atom is -0.475 e. The normalized spacial score (nSPS) is 13.9. The molecule has 2 aliphatic rings.